The minimum Gasteiger partial charge on any atom is -0.481 e. The van der Waals surface area contributed by atoms with Crippen LogP contribution in [0.3, 0.4) is 0 Å². The molecule has 0 radical (unpaired) electrons. The third-order valence-electron chi connectivity index (χ3n) is 4.33. The van der Waals surface area contributed by atoms with Gasteiger partial charge < -0.3 is 19.7 Å². The van der Waals surface area contributed by atoms with Gasteiger partial charge in [0.15, 0.2) is 5.82 Å². The number of methoxy groups -OCH3 is 1. The number of fused-ring (bicyclic) bond motifs is 1. The maximum atomic E-state index is 12.7. The van der Waals surface area contributed by atoms with Crippen molar-refractivity contribution >= 4 is 23.5 Å². The van der Waals surface area contributed by atoms with Crippen LogP contribution in [-0.4, -0.2) is 60.1 Å². The second-order valence-corrected chi connectivity index (χ2v) is 6.11. The molecule has 1 aromatic heterocycles. The highest BCUT2D eigenvalue weighted by molar-refractivity contribution is 6.09. The molecule has 2 N–H and O–H groups in total. The first kappa shape index (κ1) is 19.6. The Morgan fingerprint density at radius 2 is 1.89 bits per heavy atom. The quantitative estimate of drug-likeness (QED) is 0.758. The van der Waals surface area contributed by atoms with Gasteiger partial charge in [0.25, 0.3) is 0 Å². The van der Waals surface area contributed by atoms with E-state index in [0.717, 1.165) is 5.56 Å². The van der Waals surface area contributed by atoms with Gasteiger partial charge >= 0.3 is 6.09 Å². The average Bonchev–Trinajstić information content (AvgIpc) is 2.74. The lowest BCUT2D eigenvalue weighted by Crippen LogP contribution is -2.54. The summed E-state index contributed by atoms with van der Waals surface area (Å²) in [5, 5.41) is 19.0. The molecule has 0 saturated heterocycles. The summed E-state index contributed by atoms with van der Waals surface area (Å²) in [6.45, 7) is -1.16. The second kappa shape index (κ2) is 8.68. The molecule has 0 spiro atoms. The largest absolute Gasteiger partial charge is 0.481 e. The number of benzene rings is 1. The van der Waals surface area contributed by atoms with Crippen LogP contribution in [0.25, 0.3) is 0 Å². The monoisotopic (exact) mass is 387 g/mol. The first-order valence-corrected chi connectivity index (χ1v) is 8.66. The summed E-state index contributed by atoms with van der Waals surface area (Å²) in [5.74, 6) is -0.163. The number of hydrogen-bond donors (Lipinski definition) is 2. The normalized spacial score (nSPS) is 13.5. The Morgan fingerprint density at radius 3 is 2.54 bits per heavy atom. The van der Waals surface area contributed by atoms with Crippen LogP contribution in [0, 0.1) is 0 Å². The molecule has 9 nitrogen and oxygen atoms in total. The molecule has 0 unspecified atom stereocenters. The number of hydrogen-bond acceptors (Lipinski definition) is 7. The molecule has 1 aliphatic heterocycles. The summed E-state index contributed by atoms with van der Waals surface area (Å²) in [5.41, 5.74) is 1.14. The number of carbonyl (C=O) groups is 2. The fraction of sp³-hybridized carbons (Fsp3) is 0.316. The number of aliphatic hydroxyl groups excluding tert-OH is 2. The molecule has 9 heteroatoms. The van der Waals surface area contributed by atoms with E-state index in [1.54, 1.807) is 12.1 Å². The summed E-state index contributed by atoms with van der Waals surface area (Å²) in [7, 11) is 1.42. The minimum absolute atomic E-state index is 0.0584. The van der Waals surface area contributed by atoms with Crippen LogP contribution in [0.1, 0.15) is 5.56 Å². The third kappa shape index (κ3) is 3.90. The van der Waals surface area contributed by atoms with E-state index < -0.39 is 31.3 Å². The van der Waals surface area contributed by atoms with Crippen molar-refractivity contribution in [3.8, 4) is 5.88 Å². The maximum absolute atomic E-state index is 12.7. The van der Waals surface area contributed by atoms with Gasteiger partial charge in [0, 0.05) is 6.07 Å². The van der Waals surface area contributed by atoms with E-state index >= 15 is 0 Å². The highest BCUT2D eigenvalue weighted by atomic mass is 16.6. The molecule has 28 heavy (non-hydrogen) atoms. The summed E-state index contributed by atoms with van der Waals surface area (Å²) in [4.78, 5) is 31.9. The van der Waals surface area contributed by atoms with Crippen molar-refractivity contribution in [3.63, 3.8) is 0 Å². The first-order chi connectivity index (χ1) is 13.6. The predicted molar refractivity (Wildman–Crippen MR) is 100 cm³/mol. The molecule has 1 aliphatic rings. The van der Waals surface area contributed by atoms with Gasteiger partial charge in [-0.15, -0.1) is 0 Å². The summed E-state index contributed by atoms with van der Waals surface area (Å²) < 4.78 is 10.4. The second-order valence-electron chi connectivity index (χ2n) is 6.11. The number of anilines is 2. The van der Waals surface area contributed by atoms with Gasteiger partial charge in [0.2, 0.25) is 11.8 Å². The van der Waals surface area contributed by atoms with Crippen LogP contribution >= 0.6 is 0 Å². The number of aliphatic hydroxyl groups is 2. The molecule has 2 heterocycles. The summed E-state index contributed by atoms with van der Waals surface area (Å²) in [6.07, 6.45) is -0.699. The van der Waals surface area contributed by atoms with E-state index in [1.165, 1.54) is 16.9 Å². The number of aromatic nitrogens is 1. The molecule has 0 fully saturated rings. The number of nitrogens with zero attached hydrogens (tertiary/aromatic N) is 3. The van der Waals surface area contributed by atoms with Crippen molar-refractivity contribution in [3.05, 3.63) is 48.0 Å². The molecule has 2 amide bonds. The van der Waals surface area contributed by atoms with Crippen LogP contribution in [0.4, 0.5) is 16.3 Å². The van der Waals surface area contributed by atoms with E-state index in [0.29, 0.717) is 5.69 Å². The van der Waals surface area contributed by atoms with E-state index in [2.05, 4.69) is 4.98 Å². The van der Waals surface area contributed by atoms with E-state index in [1.807, 2.05) is 30.3 Å². The van der Waals surface area contributed by atoms with Crippen molar-refractivity contribution in [2.24, 2.45) is 0 Å². The number of ether oxygens (including phenoxy) is 2. The maximum Gasteiger partial charge on any atom is 0.415 e. The van der Waals surface area contributed by atoms with E-state index in [-0.39, 0.29) is 24.8 Å². The zero-order valence-electron chi connectivity index (χ0n) is 15.3. The SMILES string of the molecule is COc1ccc2c(n1)N(C(CO)CO)C(=O)CN2C(=O)OCc1ccccc1. The van der Waals surface area contributed by atoms with Gasteiger partial charge in [-0.3, -0.25) is 14.6 Å². The predicted octanol–water partition coefficient (Wildman–Crippen LogP) is 0.933. The smallest absolute Gasteiger partial charge is 0.415 e. The van der Waals surface area contributed by atoms with Crippen molar-refractivity contribution < 1.29 is 29.3 Å². The highest BCUT2D eigenvalue weighted by Gasteiger charge is 2.38. The van der Waals surface area contributed by atoms with Gasteiger partial charge in [-0.25, -0.2) is 4.79 Å². The van der Waals surface area contributed by atoms with Gasteiger partial charge in [-0.2, -0.15) is 4.98 Å². The Labute approximate surface area is 161 Å². The molecule has 0 atom stereocenters. The Morgan fingerprint density at radius 1 is 1.18 bits per heavy atom. The van der Waals surface area contributed by atoms with Crippen LogP contribution in [0.2, 0.25) is 0 Å². The van der Waals surface area contributed by atoms with Crippen molar-refractivity contribution in [2.75, 3.05) is 36.7 Å². The van der Waals surface area contributed by atoms with Crippen LogP contribution in [0.15, 0.2) is 42.5 Å². The fourth-order valence-electron chi connectivity index (χ4n) is 2.90. The molecule has 1 aromatic carbocycles. The van der Waals surface area contributed by atoms with E-state index in [4.69, 9.17) is 9.47 Å². The molecular weight excluding hydrogens is 366 g/mol. The summed E-state index contributed by atoms with van der Waals surface area (Å²) in [6, 6.07) is 11.4. The van der Waals surface area contributed by atoms with Gasteiger partial charge in [-0.05, 0) is 11.6 Å². The van der Waals surface area contributed by atoms with Crippen molar-refractivity contribution in [1.82, 2.24) is 4.98 Å². The standard InChI is InChI=1S/C19H21N3O6/c1-27-16-8-7-15-18(20-16)22(14(10-23)11-24)17(25)9-21(15)19(26)28-12-13-5-3-2-4-6-13/h2-8,14,23-24H,9-12H2,1H3. The Bertz CT molecular complexity index is 841. The number of carbonyl (C=O) groups excluding carboxylic acids is 2. The Balaban J connectivity index is 1.90. The average molecular weight is 387 g/mol. The number of pyridine rings is 1. The highest BCUT2D eigenvalue weighted by Crippen LogP contribution is 2.35. The number of amides is 2. The Hall–Kier alpha value is -3.17. The van der Waals surface area contributed by atoms with Crippen LogP contribution in [-0.2, 0) is 16.1 Å². The molecular formula is C19H21N3O6. The lowest BCUT2D eigenvalue weighted by atomic mass is 10.2. The van der Waals surface area contributed by atoms with Crippen molar-refractivity contribution in [2.45, 2.75) is 12.6 Å². The van der Waals surface area contributed by atoms with Gasteiger partial charge in [0.1, 0.15) is 13.2 Å². The fourth-order valence-corrected chi connectivity index (χ4v) is 2.90. The lowest BCUT2D eigenvalue weighted by molar-refractivity contribution is -0.118. The zero-order chi connectivity index (χ0) is 20.1. The van der Waals surface area contributed by atoms with Gasteiger partial charge in [-0.1, -0.05) is 30.3 Å². The van der Waals surface area contributed by atoms with Gasteiger partial charge in [0.05, 0.1) is 32.1 Å². The molecule has 2 aromatic rings. The van der Waals surface area contributed by atoms with Crippen LogP contribution < -0.4 is 14.5 Å². The third-order valence-corrected chi connectivity index (χ3v) is 4.33. The first-order valence-electron chi connectivity index (χ1n) is 8.66. The number of rotatable bonds is 6. The molecule has 0 aliphatic carbocycles. The minimum atomic E-state index is -0.881. The van der Waals surface area contributed by atoms with E-state index in [9.17, 15) is 19.8 Å². The van der Waals surface area contributed by atoms with Crippen LogP contribution in [0.5, 0.6) is 5.88 Å². The summed E-state index contributed by atoms with van der Waals surface area (Å²) >= 11 is 0. The Kier molecular flexibility index (Phi) is 6.07. The molecule has 0 bridgehead atoms. The zero-order valence-corrected chi connectivity index (χ0v) is 15.3. The topological polar surface area (TPSA) is 112 Å². The lowest BCUT2D eigenvalue weighted by Gasteiger charge is -2.37. The molecule has 3 rings (SSSR count). The van der Waals surface area contributed by atoms with Crippen molar-refractivity contribution in [1.29, 1.82) is 0 Å². The molecule has 148 valence electrons. The molecule has 0 saturated carbocycles.